The molecule has 2 aliphatic rings. The Balaban J connectivity index is 1.61. The number of fused-ring (bicyclic) bond motifs is 3. The van der Waals surface area contributed by atoms with E-state index in [1.54, 1.807) is 13.1 Å². The summed E-state index contributed by atoms with van der Waals surface area (Å²) in [7, 11) is 0. The molecule has 0 N–H and O–H groups in total. The van der Waals surface area contributed by atoms with E-state index in [9.17, 15) is 4.79 Å². The predicted octanol–water partition coefficient (Wildman–Crippen LogP) is 6.06. The molecule has 0 spiro atoms. The number of benzene rings is 1. The van der Waals surface area contributed by atoms with Gasteiger partial charge in [0.1, 0.15) is 22.8 Å². The van der Waals surface area contributed by atoms with Crippen molar-refractivity contribution in [2.75, 3.05) is 0 Å². The number of aryl methyl sites for hydroxylation is 1. The third-order valence-electron chi connectivity index (χ3n) is 6.76. The lowest BCUT2D eigenvalue weighted by molar-refractivity contribution is -0.124. The molecule has 0 atom stereocenters. The molecule has 0 radical (unpaired) electrons. The number of ketones is 1. The van der Waals surface area contributed by atoms with Gasteiger partial charge < -0.3 is 4.42 Å². The SMILES string of the molecule is C=CN=C(C)c1c(-c2ccc3c4c(oc3c2)C=CCC4)nn(C2CC(C(C)=O)C2)c1C. The standard InChI is InChI=1S/C26H27N3O2/c1-5-27-15(2)25-16(3)29(20-12-19(13-20)17(4)30)28-26(25)18-10-11-22-21-8-6-7-9-23(21)31-24(22)14-18/h5,7,9-11,14,19-20H,1,6,8,12-13H2,2-4H3. The van der Waals surface area contributed by atoms with Gasteiger partial charge in [0.2, 0.25) is 0 Å². The molecular weight excluding hydrogens is 386 g/mol. The highest BCUT2D eigenvalue weighted by Gasteiger charge is 2.36. The van der Waals surface area contributed by atoms with Crippen LogP contribution in [0.3, 0.4) is 0 Å². The van der Waals surface area contributed by atoms with Crippen molar-refractivity contribution in [2.24, 2.45) is 10.9 Å². The Bertz CT molecular complexity index is 1270. The van der Waals surface area contributed by atoms with E-state index in [4.69, 9.17) is 9.52 Å². The van der Waals surface area contributed by atoms with Crippen LogP contribution in [0, 0.1) is 12.8 Å². The van der Waals surface area contributed by atoms with Gasteiger partial charge in [-0.05, 0) is 58.6 Å². The van der Waals surface area contributed by atoms with E-state index in [1.807, 2.05) is 6.92 Å². The number of furan rings is 1. The van der Waals surface area contributed by atoms with Crippen molar-refractivity contribution < 1.29 is 9.21 Å². The van der Waals surface area contributed by atoms with Gasteiger partial charge in [-0.2, -0.15) is 5.10 Å². The highest BCUT2D eigenvalue weighted by molar-refractivity contribution is 6.05. The molecule has 1 fully saturated rings. The maximum atomic E-state index is 11.7. The second kappa shape index (κ2) is 7.49. The first kappa shape index (κ1) is 19.7. The van der Waals surface area contributed by atoms with Crippen LogP contribution in [0.15, 0.2) is 46.5 Å². The van der Waals surface area contributed by atoms with Crippen molar-refractivity contribution in [3.8, 4) is 11.3 Å². The molecule has 5 nitrogen and oxygen atoms in total. The number of hydrogen-bond acceptors (Lipinski definition) is 4. The van der Waals surface area contributed by atoms with Crippen molar-refractivity contribution in [2.45, 2.75) is 52.5 Å². The molecule has 2 heterocycles. The van der Waals surface area contributed by atoms with Crippen molar-refractivity contribution in [1.82, 2.24) is 9.78 Å². The summed E-state index contributed by atoms with van der Waals surface area (Å²) in [6, 6.07) is 6.63. The summed E-state index contributed by atoms with van der Waals surface area (Å²) in [6.45, 7) is 9.52. The van der Waals surface area contributed by atoms with Crippen LogP contribution in [-0.4, -0.2) is 21.3 Å². The first-order valence-electron chi connectivity index (χ1n) is 11.0. The molecule has 0 saturated heterocycles. The summed E-state index contributed by atoms with van der Waals surface area (Å²) in [5, 5.41) is 6.20. The molecule has 2 aromatic heterocycles. The minimum atomic E-state index is 0.155. The number of rotatable bonds is 5. The van der Waals surface area contributed by atoms with Crippen LogP contribution >= 0.6 is 0 Å². The quantitative estimate of drug-likeness (QED) is 0.478. The Labute approximate surface area is 182 Å². The molecular formula is C26H27N3O2. The third kappa shape index (κ3) is 3.19. The predicted molar refractivity (Wildman–Crippen MR) is 124 cm³/mol. The van der Waals surface area contributed by atoms with E-state index < -0.39 is 0 Å². The van der Waals surface area contributed by atoms with E-state index >= 15 is 0 Å². The van der Waals surface area contributed by atoms with Gasteiger partial charge in [-0.25, -0.2) is 0 Å². The van der Waals surface area contributed by atoms with Crippen LogP contribution in [-0.2, 0) is 11.2 Å². The van der Waals surface area contributed by atoms with Crippen LogP contribution in [0.2, 0.25) is 0 Å². The van der Waals surface area contributed by atoms with Crippen LogP contribution in [0.25, 0.3) is 28.3 Å². The fourth-order valence-electron chi connectivity index (χ4n) is 4.96. The fourth-order valence-corrected chi connectivity index (χ4v) is 4.96. The zero-order valence-corrected chi connectivity index (χ0v) is 18.3. The number of aliphatic imine (C=N–C) groups is 1. The molecule has 31 heavy (non-hydrogen) atoms. The summed E-state index contributed by atoms with van der Waals surface area (Å²) in [4.78, 5) is 16.2. The number of aromatic nitrogens is 2. The molecule has 1 saturated carbocycles. The molecule has 0 unspecified atom stereocenters. The average molecular weight is 414 g/mol. The summed E-state index contributed by atoms with van der Waals surface area (Å²) >= 11 is 0. The highest BCUT2D eigenvalue weighted by atomic mass is 16.3. The average Bonchev–Trinajstić information content (AvgIpc) is 3.24. The first-order valence-corrected chi connectivity index (χ1v) is 11.0. The van der Waals surface area contributed by atoms with Crippen molar-refractivity contribution >= 4 is 28.5 Å². The van der Waals surface area contributed by atoms with E-state index in [1.165, 1.54) is 10.9 Å². The first-order chi connectivity index (χ1) is 15.0. The van der Waals surface area contributed by atoms with E-state index in [2.05, 4.69) is 53.5 Å². The Morgan fingerprint density at radius 3 is 2.87 bits per heavy atom. The maximum Gasteiger partial charge on any atom is 0.135 e. The number of hydrogen-bond donors (Lipinski definition) is 0. The lowest BCUT2D eigenvalue weighted by atomic mass is 9.78. The van der Waals surface area contributed by atoms with Gasteiger partial charge >= 0.3 is 0 Å². The van der Waals surface area contributed by atoms with Gasteiger partial charge in [0.25, 0.3) is 0 Å². The molecule has 2 aliphatic carbocycles. The molecule has 3 aromatic rings. The largest absolute Gasteiger partial charge is 0.456 e. The lowest BCUT2D eigenvalue weighted by Crippen LogP contribution is -2.32. The Morgan fingerprint density at radius 1 is 1.32 bits per heavy atom. The molecule has 5 heteroatoms. The zero-order valence-electron chi connectivity index (χ0n) is 18.3. The summed E-state index contributed by atoms with van der Waals surface area (Å²) < 4.78 is 8.24. The van der Waals surface area contributed by atoms with E-state index in [-0.39, 0.29) is 17.7 Å². The molecule has 0 amide bonds. The maximum absolute atomic E-state index is 11.7. The summed E-state index contributed by atoms with van der Waals surface area (Å²) in [5.41, 5.74) is 7.09. The van der Waals surface area contributed by atoms with Gasteiger partial charge in [-0.15, -0.1) is 0 Å². The van der Waals surface area contributed by atoms with Crippen LogP contribution in [0.4, 0.5) is 0 Å². The zero-order chi connectivity index (χ0) is 21.7. The van der Waals surface area contributed by atoms with Crippen molar-refractivity contribution in [3.05, 3.63) is 59.6 Å². The van der Waals surface area contributed by atoms with E-state index in [0.717, 1.165) is 65.3 Å². The Morgan fingerprint density at radius 2 is 2.13 bits per heavy atom. The lowest BCUT2D eigenvalue weighted by Gasteiger charge is -2.34. The molecule has 0 aliphatic heterocycles. The van der Waals surface area contributed by atoms with Crippen molar-refractivity contribution in [3.63, 3.8) is 0 Å². The normalized spacial score (nSPS) is 20.5. The van der Waals surface area contributed by atoms with Crippen LogP contribution in [0.5, 0.6) is 0 Å². The second-order valence-electron chi connectivity index (χ2n) is 8.68. The Kier molecular flexibility index (Phi) is 4.77. The second-order valence-corrected chi connectivity index (χ2v) is 8.68. The number of Topliss-reactive ketones (excluding diaryl/α,β-unsaturated/α-hetero) is 1. The van der Waals surface area contributed by atoms with E-state index in [0.29, 0.717) is 0 Å². The van der Waals surface area contributed by atoms with Gasteiger partial charge in [0, 0.05) is 45.6 Å². The molecule has 1 aromatic carbocycles. The number of carbonyl (C=O) groups is 1. The number of carbonyl (C=O) groups excluding carboxylic acids is 1. The molecule has 0 bridgehead atoms. The van der Waals surface area contributed by atoms with Crippen LogP contribution < -0.4 is 0 Å². The minimum Gasteiger partial charge on any atom is -0.456 e. The topological polar surface area (TPSA) is 60.4 Å². The number of nitrogens with zero attached hydrogens (tertiary/aromatic N) is 3. The highest BCUT2D eigenvalue weighted by Crippen LogP contribution is 2.41. The Hall–Kier alpha value is -3.21. The minimum absolute atomic E-state index is 0.155. The van der Waals surface area contributed by atoms with Crippen LogP contribution in [0.1, 0.15) is 61.7 Å². The molecule has 158 valence electrons. The number of allylic oxidation sites excluding steroid dienone is 1. The summed E-state index contributed by atoms with van der Waals surface area (Å²) in [6.07, 6.45) is 9.58. The molecule has 5 rings (SSSR count). The summed E-state index contributed by atoms with van der Waals surface area (Å²) in [5.74, 6) is 1.39. The van der Waals surface area contributed by atoms with Gasteiger partial charge in [-0.3, -0.25) is 14.5 Å². The fraction of sp³-hybridized carbons (Fsp3) is 0.346. The van der Waals surface area contributed by atoms with Gasteiger partial charge in [0.15, 0.2) is 0 Å². The smallest absolute Gasteiger partial charge is 0.135 e. The monoisotopic (exact) mass is 413 g/mol. The van der Waals surface area contributed by atoms with Gasteiger partial charge in [-0.1, -0.05) is 24.8 Å². The van der Waals surface area contributed by atoms with Gasteiger partial charge in [0.05, 0.1) is 6.04 Å². The van der Waals surface area contributed by atoms with Crippen molar-refractivity contribution in [1.29, 1.82) is 0 Å². The third-order valence-corrected chi connectivity index (χ3v) is 6.76.